The zero-order chi connectivity index (χ0) is 18.4. The van der Waals surface area contributed by atoms with Crippen LogP contribution in [0.2, 0.25) is 0 Å². The number of benzene rings is 2. The quantitative estimate of drug-likeness (QED) is 0.644. The van der Waals surface area contributed by atoms with Crippen molar-refractivity contribution in [3.05, 3.63) is 72.8 Å². The van der Waals surface area contributed by atoms with Gasteiger partial charge < -0.3 is 23.2 Å². The molecule has 0 amide bonds. The number of halogens is 1. The highest BCUT2D eigenvalue weighted by atomic mass is 31.2. The molecular formula is C19H21FNO4P. The molecule has 1 aliphatic rings. The largest absolute Gasteiger partial charge is 0.531 e. The molecule has 0 aliphatic carbocycles. The van der Waals surface area contributed by atoms with Crippen LogP contribution in [-0.2, 0) is 9.26 Å². The lowest BCUT2D eigenvalue weighted by molar-refractivity contribution is 0.0308. The van der Waals surface area contributed by atoms with Gasteiger partial charge in [0.25, 0.3) is 0 Å². The van der Waals surface area contributed by atoms with Crippen molar-refractivity contribution in [1.29, 1.82) is 0 Å². The van der Waals surface area contributed by atoms with Crippen LogP contribution in [0.5, 0.6) is 11.5 Å². The van der Waals surface area contributed by atoms with Gasteiger partial charge in [0.15, 0.2) is 0 Å². The molecule has 0 spiro atoms. The third-order valence-corrected chi connectivity index (χ3v) is 4.90. The van der Waals surface area contributed by atoms with E-state index in [2.05, 4.69) is 0 Å². The van der Waals surface area contributed by atoms with E-state index in [0.29, 0.717) is 17.4 Å². The van der Waals surface area contributed by atoms with Crippen LogP contribution < -0.4 is 9.05 Å². The van der Waals surface area contributed by atoms with Crippen molar-refractivity contribution in [3.63, 3.8) is 0 Å². The molecule has 138 valence electrons. The standard InChI is InChI=1S/C19H21FNO4P/c1-15(20)18-13-22-14-19(21(18)2)25-26(23-16-9-5-3-6-10-16)24-17-11-7-4-8-12-17/h3-12,14-15,18H,13H2,1-2H3. The smallest absolute Gasteiger partial charge is 0.493 e. The molecule has 1 aliphatic heterocycles. The monoisotopic (exact) mass is 377 g/mol. The van der Waals surface area contributed by atoms with Crippen LogP contribution >= 0.6 is 8.60 Å². The Morgan fingerprint density at radius 3 is 2.04 bits per heavy atom. The van der Waals surface area contributed by atoms with Gasteiger partial charge in [-0.15, -0.1) is 0 Å². The summed E-state index contributed by atoms with van der Waals surface area (Å²) in [4.78, 5) is 1.70. The van der Waals surface area contributed by atoms with Crippen molar-refractivity contribution < 1.29 is 22.7 Å². The van der Waals surface area contributed by atoms with Crippen molar-refractivity contribution in [2.75, 3.05) is 13.7 Å². The van der Waals surface area contributed by atoms with Gasteiger partial charge in [-0.05, 0) is 31.2 Å². The van der Waals surface area contributed by atoms with E-state index in [1.165, 1.54) is 13.2 Å². The van der Waals surface area contributed by atoms with E-state index < -0.39 is 20.8 Å². The van der Waals surface area contributed by atoms with Gasteiger partial charge in [-0.2, -0.15) is 0 Å². The first-order valence-corrected chi connectivity index (χ1v) is 9.36. The highest BCUT2D eigenvalue weighted by Gasteiger charge is 2.32. The molecule has 0 saturated heterocycles. The van der Waals surface area contributed by atoms with E-state index in [1.807, 2.05) is 60.7 Å². The second-order valence-electron chi connectivity index (χ2n) is 5.77. The minimum Gasteiger partial charge on any atom is -0.493 e. The normalized spacial score (nSPS) is 17.9. The summed E-state index contributed by atoms with van der Waals surface area (Å²) in [7, 11) is -0.0558. The Morgan fingerprint density at radius 1 is 1.00 bits per heavy atom. The highest BCUT2D eigenvalue weighted by Crippen LogP contribution is 2.44. The zero-order valence-electron chi connectivity index (χ0n) is 14.6. The highest BCUT2D eigenvalue weighted by molar-refractivity contribution is 7.42. The molecule has 0 radical (unpaired) electrons. The maximum atomic E-state index is 13.8. The zero-order valence-corrected chi connectivity index (χ0v) is 15.5. The predicted octanol–water partition coefficient (Wildman–Crippen LogP) is 4.88. The van der Waals surface area contributed by atoms with Gasteiger partial charge in [-0.25, -0.2) is 4.39 Å². The van der Waals surface area contributed by atoms with Gasteiger partial charge in [-0.1, -0.05) is 36.4 Å². The van der Waals surface area contributed by atoms with E-state index in [9.17, 15) is 4.39 Å². The SMILES string of the molecule is CC(F)C1COC=C(OP(Oc2ccccc2)Oc2ccccc2)N1C. The summed E-state index contributed by atoms with van der Waals surface area (Å²) in [6.07, 6.45) is 0.389. The molecule has 2 atom stereocenters. The van der Waals surface area contributed by atoms with E-state index in [1.54, 1.807) is 11.9 Å². The van der Waals surface area contributed by atoms with E-state index in [4.69, 9.17) is 18.3 Å². The van der Waals surface area contributed by atoms with Crippen LogP contribution in [0.25, 0.3) is 0 Å². The van der Waals surface area contributed by atoms with Crippen LogP contribution in [0.3, 0.4) is 0 Å². The van der Waals surface area contributed by atoms with Gasteiger partial charge in [0.05, 0.1) is 6.04 Å². The molecule has 1 heterocycles. The number of hydrogen-bond acceptors (Lipinski definition) is 5. The lowest BCUT2D eigenvalue weighted by Crippen LogP contribution is -2.43. The summed E-state index contributed by atoms with van der Waals surface area (Å²) in [5, 5.41) is 0. The predicted molar refractivity (Wildman–Crippen MR) is 98.3 cm³/mol. The van der Waals surface area contributed by atoms with Gasteiger partial charge in [-0.3, -0.25) is 0 Å². The van der Waals surface area contributed by atoms with Crippen molar-refractivity contribution in [2.45, 2.75) is 19.1 Å². The van der Waals surface area contributed by atoms with Crippen LogP contribution in [-0.4, -0.2) is 30.8 Å². The number of rotatable bonds is 7. The molecule has 0 fully saturated rings. The second kappa shape index (κ2) is 8.77. The van der Waals surface area contributed by atoms with Crippen molar-refractivity contribution in [1.82, 2.24) is 4.90 Å². The molecule has 7 heteroatoms. The molecule has 0 aromatic heterocycles. The van der Waals surface area contributed by atoms with Crippen LogP contribution in [0.1, 0.15) is 6.92 Å². The number of likely N-dealkylation sites (N-methyl/N-ethyl adjacent to an activating group) is 1. The maximum absolute atomic E-state index is 13.8. The fourth-order valence-corrected chi connectivity index (χ4v) is 3.39. The van der Waals surface area contributed by atoms with Crippen LogP contribution in [0.15, 0.2) is 72.8 Å². The first kappa shape index (κ1) is 18.3. The van der Waals surface area contributed by atoms with Crippen LogP contribution in [0, 0.1) is 0 Å². The van der Waals surface area contributed by atoms with Crippen LogP contribution in [0.4, 0.5) is 4.39 Å². The molecule has 0 N–H and O–H groups in total. The van der Waals surface area contributed by atoms with E-state index in [0.717, 1.165) is 0 Å². The summed E-state index contributed by atoms with van der Waals surface area (Å²) < 4.78 is 36.8. The minimum absolute atomic E-state index is 0.262. The Morgan fingerprint density at radius 2 is 1.54 bits per heavy atom. The van der Waals surface area contributed by atoms with Gasteiger partial charge in [0.1, 0.15) is 30.5 Å². The average molecular weight is 377 g/mol. The van der Waals surface area contributed by atoms with Crippen molar-refractivity contribution in [3.8, 4) is 11.5 Å². The molecule has 5 nitrogen and oxygen atoms in total. The topological polar surface area (TPSA) is 40.2 Å². The molecule has 3 rings (SSSR count). The number of hydrogen-bond donors (Lipinski definition) is 0. The molecule has 2 aromatic rings. The second-order valence-corrected chi connectivity index (χ2v) is 6.76. The van der Waals surface area contributed by atoms with Crippen molar-refractivity contribution >= 4 is 8.60 Å². The van der Waals surface area contributed by atoms with E-state index >= 15 is 0 Å². The summed E-state index contributed by atoms with van der Waals surface area (Å²) in [5.74, 6) is 1.60. The summed E-state index contributed by atoms with van der Waals surface area (Å²) >= 11 is 0. The third kappa shape index (κ3) is 4.79. The molecule has 26 heavy (non-hydrogen) atoms. The van der Waals surface area contributed by atoms with Gasteiger partial charge in [0, 0.05) is 7.05 Å². The molecular weight excluding hydrogens is 356 g/mol. The Balaban J connectivity index is 1.75. The Hall–Kier alpha value is -2.46. The minimum atomic E-state index is -1.81. The van der Waals surface area contributed by atoms with Gasteiger partial charge >= 0.3 is 8.60 Å². The molecule has 0 bridgehead atoms. The fourth-order valence-electron chi connectivity index (χ4n) is 2.37. The maximum Gasteiger partial charge on any atom is 0.531 e. The lowest BCUT2D eigenvalue weighted by atomic mass is 10.2. The van der Waals surface area contributed by atoms with E-state index in [-0.39, 0.29) is 6.61 Å². The van der Waals surface area contributed by atoms with Gasteiger partial charge in [0.2, 0.25) is 5.88 Å². The molecule has 2 aromatic carbocycles. The Kier molecular flexibility index (Phi) is 6.18. The first-order valence-electron chi connectivity index (χ1n) is 8.26. The average Bonchev–Trinajstić information content (AvgIpc) is 2.65. The molecule has 2 unspecified atom stereocenters. The summed E-state index contributed by atoms with van der Waals surface area (Å²) in [6.45, 7) is 1.76. The Bertz CT molecular complexity index is 672. The fraction of sp³-hybridized carbons (Fsp3) is 0.263. The molecule has 0 saturated carbocycles. The first-order chi connectivity index (χ1) is 12.6. The number of nitrogens with zero attached hydrogens (tertiary/aromatic N) is 1. The summed E-state index contributed by atoms with van der Waals surface area (Å²) in [6, 6.07) is 18.1. The third-order valence-electron chi connectivity index (χ3n) is 3.84. The summed E-state index contributed by atoms with van der Waals surface area (Å²) in [5.41, 5.74) is 0. The van der Waals surface area contributed by atoms with Crippen molar-refractivity contribution in [2.24, 2.45) is 0 Å². The lowest BCUT2D eigenvalue weighted by Gasteiger charge is -2.35. The Labute approximate surface area is 153 Å². The number of alkyl halides is 1. The number of ether oxygens (including phenoxy) is 1. The number of para-hydroxylation sites is 2.